The first-order valence-corrected chi connectivity index (χ1v) is 7.86. The van der Waals surface area contributed by atoms with Crippen LogP contribution in [0.5, 0.6) is 0 Å². The quantitative estimate of drug-likeness (QED) is 0.836. The Balaban J connectivity index is 1.56. The van der Waals surface area contributed by atoms with E-state index in [1.165, 1.54) is 12.8 Å². The first-order valence-electron chi connectivity index (χ1n) is 7.86. The molecule has 108 valence electrons. The van der Waals surface area contributed by atoms with Crippen LogP contribution >= 0.6 is 0 Å². The first-order chi connectivity index (χ1) is 9.25. The van der Waals surface area contributed by atoms with E-state index < -0.39 is 0 Å². The molecular weight excluding hydrogens is 240 g/mol. The molecule has 2 saturated heterocycles. The normalized spacial score (nSPS) is 32.5. The van der Waals surface area contributed by atoms with Crippen molar-refractivity contribution >= 4 is 5.91 Å². The van der Waals surface area contributed by atoms with Crippen LogP contribution in [0.15, 0.2) is 0 Å². The fourth-order valence-electron chi connectivity index (χ4n) is 3.80. The van der Waals surface area contributed by atoms with E-state index >= 15 is 0 Å². The predicted molar refractivity (Wildman–Crippen MR) is 73.9 cm³/mol. The van der Waals surface area contributed by atoms with E-state index in [-0.39, 0.29) is 6.10 Å². The fourth-order valence-corrected chi connectivity index (χ4v) is 3.80. The van der Waals surface area contributed by atoms with Crippen LogP contribution in [-0.2, 0) is 9.53 Å². The third-order valence-electron chi connectivity index (χ3n) is 5.23. The fraction of sp³-hybridized carbons (Fsp3) is 0.933. The van der Waals surface area contributed by atoms with Gasteiger partial charge in [0.25, 0.3) is 0 Å². The molecule has 3 aliphatic rings. The summed E-state index contributed by atoms with van der Waals surface area (Å²) >= 11 is 0. The molecule has 1 N–H and O–H groups in total. The highest BCUT2D eigenvalue weighted by atomic mass is 16.5. The molecule has 1 amide bonds. The SMILES string of the molecule is CCN(CC1CCCO1)C(=O)C1CC12CCNCC2. The van der Waals surface area contributed by atoms with E-state index in [4.69, 9.17) is 4.74 Å². The predicted octanol–water partition coefficient (Wildman–Crippen LogP) is 1.40. The minimum absolute atomic E-state index is 0.284. The Bertz CT molecular complexity index is 333. The molecular formula is C15H26N2O2. The second-order valence-electron chi connectivity index (χ2n) is 6.38. The Morgan fingerprint density at radius 3 is 2.84 bits per heavy atom. The van der Waals surface area contributed by atoms with Gasteiger partial charge in [0.15, 0.2) is 0 Å². The van der Waals surface area contributed by atoms with E-state index in [9.17, 15) is 4.79 Å². The molecule has 1 saturated carbocycles. The number of carbonyl (C=O) groups excluding carboxylic acids is 1. The molecule has 4 heteroatoms. The number of nitrogens with zero attached hydrogens (tertiary/aromatic N) is 1. The highest BCUT2D eigenvalue weighted by Crippen LogP contribution is 2.59. The summed E-state index contributed by atoms with van der Waals surface area (Å²) in [5.74, 6) is 0.691. The Labute approximate surface area is 115 Å². The van der Waals surface area contributed by atoms with Gasteiger partial charge in [0.1, 0.15) is 0 Å². The molecule has 0 aromatic carbocycles. The van der Waals surface area contributed by atoms with Gasteiger partial charge in [0.2, 0.25) is 5.91 Å². The maximum atomic E-state index is 12.6. The lowest BCUT2D eigenvalue weighted by atomic mass is 9.91. The average Bonchev–Trinajstić information content (AvgIpc) is 2.89. The smallest absolute Gasteiger partial charge is 0.226 e. The first kappa shape index (κ1) is 13.4. The van der Waals surface area contributed by atoms with Crippen molar-refractivity contribution < 1.29 is 9.53 Å². The van der Waals surface area contributed by atoms with Gasteiger partial charge in [0.05, 0.1) is 6.10 Å². The minimum Gasteiger partial charge on any atom is -0.376 e. The summed E-state index contributed by atoms with van der Waals surface area (Å²) < 4.78 is 5.67. The Morgan fingerprint density at radius 2 is 2.21 bits per heavy atom. The van der Waals surface area contributed by atoms with E-state index in [1.54, 1.807) is 0 Å². The number of hydrogen-bond acceptors (Lipinski definition) is 3. The Kier molecular flexibility index (Phi) is 3.81. The van der Waals surface area contributed by atoms with Gasteiger partial charge in [-0.1, -0.05) is 0 Å². The van der Waals surface area contributed by atoms with E-state index in [1.807, 2.05) is 4.90 Å². The minimum atomic E-state index is 0.284. The van der Waals surface area contributed by atoms with Crippen LogP contribution in [0.1, 0.15) is 39.0 Å². The van der Waals surface area contributed by atoms with E-state index in [2.05, 4.69) is 12.2 Å². The summed E-state index contributed by atoms with van der Waals surface area (Å²) in [6.07, 6.45) is 6.03. The molecule has 1 spiro atoms. The molecule has 3 fully saturated rings. The molecule has 4 nitrogen and oxygen atoms in total. The summed E-state index contributed by atoms with van der Waals surface area (Å²) in [6.45, 7) is 6.76. The maximum Gasteiger partial charge on any atom is 0.226 e. The van der Waals surface area contributed by atoms with Crippen molar-refractivity contribution in [3.05, 3.63) is 0 Å². The molecule has 19 heavy (non-hydrogen) atoms. The van der Waals surface area contributed by atoms with Crippen LogP contribution in [-0.4, -0.2) is 49.7 Å². The van der Waals surface area contributed by atoms with Crippen molar-refractivity contribution in [2.45, 2.75) is 45.1 Å². The molecule has 1 aliphatic carbocycles. The topological polar surface area (TPSA) is 41.6 Å². The number of nitrogens with one attached hydrogen (secondary N) is 1. The molecule has 2 heterocycles. The lowest BCUT2D eigenvalue weighted by molar-refractivity contribution is -0.135. The zero-order chi connectivity index (χ0) is 13.3. The van der Waals surface area contributed by atoms with Crippen LogP contribution in [0.4, 0.5) is 0 Å². The number of hydrogen-bond donors (Lipinski definition) is 1. The van der Waals surface area contributed by atoms with Crippen LogP contribution in [0.3, 0.4) is 0 Å². The van der Waals surface area contributed by atoms with Gasteiger partial charge >= 0.3 is 0 Å². The van der Waals surface area contributed by atoms with Crippen molar-refractivity contribution in [1.82, 2.24) is 10.2 Å². The highest BCUT2D eigenvalue weighted by Gasteiger charge is 2.58. The summed E-state index contributed by atoms with van der Waals surface area (Å²) in [6, 6.07) is 0. The van der Waals surface area contributed by atoms with Crippen molar-refractivity contribution in [1.29, 1.82) is 0 Å². The molecule has 0 radical (unpaired) electrons. The number of rotatable bonds is 4. The number of piperidine rings is 1. The molecule has 2 atom stereocenters. The van der Waals surface area contributed by atoms with Crippen molar-refractivity contribution in [3.8, 4) is 0 Å². The van der Waals surface area contributed by atoms with Gasteiger partial charge in [-0.2, -0.15) is 0 Å². The summed E-state index contributed by atoms with van der Waals surface area (Å²) in [7, 11) is 0. The molecule has 0 bridgehead atoms. The Hall–Kier alpha value is -0.610. The zero-order valence-corrected chi connectivity index (χ0v) is 12.0. The third-order valence-corrected chi connectivity index (χ3v) is 5.23. The van der Waals surface area contributed by atoms with Crippen molar-refractivity contribution in [3.63, 3.8) is 0 Å². The van der Waals surface area contributed by atoms with Gasteiger partial charge in [-0.25, -0.2) is 0 Å². The van der Waals surface area contributed by atoms with Gasteiger partial charge < -0.3 is 15.0 Å². The van der Waals surface area contributed by atoms with Gasteiger partial charge in [-0.3, -0.25) is 4.79 Å². The summed E-state index contributed by atoms with van der Waals surface area (Å²) in [4.78, 5) is 14.7. The van der Waals surface area contributed by atoms with Crippen molar-refractivity contribution in [2.75, 3.05) is 32.8 Å². The van der Waals surface area contributed by atoms with Gasteiger partial charge in [-0.05, 0) is 57.5 Å². The lowest BCUT2D eigenvalue weighted by Gasteiger charge is -2.27. The van der Waals surface area contributed by atoms with Gasteiger partial charge in [-0.15, -0.1) is 0 Å². The molecule has 2 aliphatic heterocycles. The largest absolute Gasteiger partial charge is 0.376 e. The average molecular weight is 266 g/mol. The third kappa shape index (κ3) is 2.65. The lowest BCUT2D eigenvalue weighted by Crippen LogP contribution is -2.40. The van der Waals surface area contributed by atoms with E-state index in [0.29, 0.717) is 17.2 Å². The summed E-state index contributed by atoms with van der Waals surface area (Å²) in [5, 5.41) is 3.40. The molecule has 0 aromatic rings. The molecule has 0 aromatic heterocycles. The van der Waals surface area contributed by atoms with Crippen molar-refractivity contribution in [2.24, 2.45) is 11.3 Å². The number of likely N-dealkylation sites (N-methyl/N-ethyl adjacent to an activating group) is 1. The molecule has 2 unspecified atom stereocenters. The number of carbonyl (C=O) groups is 1. The standard InChI is InChI=1S/C15H26N2O2/c1-2-17(11-12-4-3-9-19-12)14(18)13-10-15(13)5-7-16-8-6-15/h12-13,16H,2-11H2,1H3. The molecule has 3 rings (SSSR count). The van der Waals surface area contributed by atoms with Gasteiger partial charge in [0, 0.05) is 25.6 Å². The van der Waals surface area contributed by atoms with E-state index in [0.717, 1.165) is 52.0 Å². The van der Waals surface area contributed by atoms with Crippen LogP contribution < -0.4 is 5.32 Å². The number of amides is 1. The second-order valence-corrected chi connectivity index (χ2v) is 6.38. The maximum absolute atomic E-state index is 12.6. The van der Waals surface area contributed by atoms with Crippen LogP contribution in [0.25, 0.3) is 0 Å². The Morgan fingerprint density at radius 1 is 1.42 bits per heavy atom. The number of ether oxygens (including phenoxy) is 1. The summed E-state index contributed by atoms with van der Waals surface area (Å²) in [5.41, 5.74) is 0.353. The monoisotopic (exact) mass is 266 g/mol. The van der Waals surface area contributed by atoms with Crippen LogP contribution in [0.2, 0.25) is 0 Å². The second kappa shape index (κ2) is 5.41. The highest BCUT2D eigenvalue weighted by molar-refractivity contribution is 5.82. The van der Waals surface area contributed by atoms with Crippen LogP contribution in [0, 0.1) is 11.3 Å². The zero-order valence-electron chi connectivity index (χ0n) is 12.0.